The third kappa shape index (κ3) is 2.81. The van der Waals surface area contributed by atoms with Crippen LogP contribution in [-0.4, -0.2) is 41.0 Å². The fourth-order valence-corrected chi connectivity index (χ4v) is 4.64. The number of nitrogens with zero attached hydrogens (tertiary/aromatic N) is 1. The van der Waals surface area contributed by atoms with Gasteiger partial charge >= 0.3 is 0 Å². The van der Waals surface area contributed by atoms with Crippen LogP contribution in [0.2, 0.25) is 0 Å². The molecule has 2 aromatic carbocycles. The first-order valence-corrected chi connectivity index (χ1v) is 10.0. The number of amides is 1. The molecule has 1 amide bonds. The van der Waals surface area contributed by atoms with Gasteiger partial charge in [-0.1, -0.05) is 32.0 Å². The van der Waals surface area contributed by atoms with Gasteiger partial charge in [0.05, 0.1) is 12.6 Å². The minimum absolute atomic E-state index is 0.0271. The highest BCUT2D eigenvalue weighted by Gasteiger charge is 2.56. The van der Waals surface area contributed by atoms with E-state index in [0.29, 0.717) is 13.2 Å². The molecule has 0 bridgehead atoms. The van der Waals surface area contributed by atoms with E-state index in [4.69, 9.17) is 9.47 Å². The van der Waals surface area contributed by atoms with Crippen LogP contribution in [0.15, 0.2) is 36.4 Å². The molecule has 5 nitrogen and oxygen atoms in total. The highest BCUT2D eigenvalue weighted by atomic mass is 16.7. The van der Waals surface area contributed by atoms with Gasteiger partial charge in [-0.25, -0.2) is 0 Å². The zero-order valence-electron chi connectivity index (χ0n) is 16.3. The first kappa shape index (κ1) is 17.7. The molecule has 1 fully saturated rings. The van der Waals surface area contributed by atoms with E-state index in [-0.39, 0.29) is 17.9 Å². The van der Waals surface area contributed by atoms with Crippen molar-refractivity contribution in [1.82, 2.24) is 4.90 Å². The number of aryl methyl sites for hydroxylation is 1. The maximum absolute atomic E-state index is 13.2. The number of ether oxygens (including phenoxy) is 2. The maximum Gasteiger partial charge on any atom is 0.254 e. The number of benzene rings is 2. The number of hydrogen-bond donors (Lipinski definition) is 1. The summed E-state index contributed by atoms with van der Waals surface area (Å²) in [7, 11) is 0. The van der Waals surface area contributed by atoms with E-state index in [0.717, 1.165) is 47.5 Å². The van der Waals surface area contributed by atoms with Crippen LogP contribution < -0.4 is 4.74 Å². The molecule has 3 aliphatic heterocycles. The van der Waals surface area contributed by atoms with Gasteiger partial charge in [0, 0.05) is 12.1 Å². The normalized spacial score (nSPS) is 24.0. The van der Waals surface area contributed by atoms with E-state index < -0.39 is 5.79 Å². The molecular formula is C23H25NO4. The van der Waals surface area contributed by atoms with Crippen molar-refractivity contribution in [3.63, 3.8) is 0 Å². The van der Waals surface area contributed by atoms with E-state index in [1.807, 2.05) is 32.0 Å². The zero-order chi connectivity index (χ0) is 19.5. The van der Waals surface area contributed by atoms with Crippen LogP contribution in [0.25, 0.3) is 11.1 Å². The second-order valence-corrected chi connectivity index (χ2v) is 8.40. The predicted octanol–water partition coefficient (Wildman–Crippen LogP) is 3.38. The van der Waals surface area contributed by atoms with Crippen molar-refractivity contribution in [3.8, 4) is 16.9 Å². The van der Waals surface area contributed by atoms with Gasteiger partial charge in [0.1, 0.15) is 12.4 Å². The van der Waals surface area contributed by atoms with E-state index in [1.165, 1.54) is 5.56 Å². The summed E-state index contributed by atoms with van der Waals surface area (Å²) in [5.74, 6) is -0.157. The van der Waals surface area contributed by atoms with Gasteiger partial charge in [0.15, 0.2) is 0 Å². The molecule has 1 saturated heterocycles. The fraction of sp³-hybridized carbons (Fsp3) is 0.435. The average Bonchev–Trinajstić information content (AvgIpc) is 3.35. The molecule has 0 radical (unpaired) electrons. The second kappa shape index (κ2) is 6.33. The number of aliphatic hydroxyl groups is 1. The van der Waals surface area contributed by atoms with Crippen LogP contribution in [0.3, 0.4) is 0 Å². The third-order valence-electron chi connectivity index (χ3n) is 6.05. The van der Waals surface area contributed by atoms with Crippen molar-refractivity contribution in [2.75, 3.05) is 13.2 Å². The van der Waals surface area contributed by atoms with E-state index >= 15 is 0 Å². The lowest BCUT2D eigenvalue weighted by atomic mass is 9.96. The highest BCUT2D eigenvalue weighted by Crippen LogP contribution is 2.40. The summed E-state index contributed by atoms with van der Waals surface area (Å²) < 4.78 is 11.0. The van der Waals surface area contributed by atoms with Gasteiger partial charge in [-0.3, -0.25) is 4.79 Å². The number of carbonyl (C=O) groups is 1. The van der Waals surface area contributed by atoms with Crippen LogP contribution in [-0.2, 0) is 17.7 Å². The topological polar surface area (TPSA) is 62.3 Å². The molecule has 1 N–H and O–H groups in total. The van der Waals surface area contributed by atoms with Gasteiger partial charge in [0.25, 0.3) is 5.91 Å². The Balaban J connectivity index is 1.47. The molecule has 5 rings (SSSR count). The van der Waals surface area contributed by atoms with Crippen LogP contribution in [0.5, 0.6) is 5.75 Å². The molecule has 0 spiro atoms. The first-order chi connectivity index (χ1) is 13.5. The predicted molar refractivity (Wildman–Crippen MR) is 105 cm³/mol. The second-order valence-electron chi connectivity index (χ2n) is 8.40. The number of epoxide rings is 1. The number of rotatable bonds is 4. The standard InChI is InChI=1S/C23H25NO4/c1-14(2)21(23(26)13-28-23)24-12-18-6-5-16(11-19(18)22(24)25)15-7-8-20-17(10-15)4-3-9-27-20/h5-8,10-11,14,21,26H,3-4,9,12-13H2,1-2H3. The SMILES string of the molecule is CC(C)C(N1Cc2ccc(-c3ccc4c(c3)CCCO4)cc2C1=O)C1(O)CO1. The van der Waals surface area contributed by atoms with E-state index in [9.17, 15) is 9.90 Å². The summed E-state index contributed by atoms with van der Waals surface area (Å²) in [4.78, 5) is 14.9. The van der Waals surface area contributed by atoms with Crippen LogP contribution in [0, 0.1) is 5.92 Å². The highest BCUT2D eigenvalue weighted by molar-refractivity contribution is 6.00. The molecule has 2 atom stereocenters. The summed E-state index contributed by atoms with van der Waals surface area (Å²) in [6.45, 7) is 5.62. The molecule has 0 aliphatic carbocycles. The van der Waals surface area contributed by atoms with Crippen LogP contribution >= 0.6 is 0 Å². The van der Waals surface area contributed by atoms with E-state index in [1.54, 1.807) is 4.90 Å². The lowest BCUT2D eigenvalue weighted by Gasteiger charge is -2.32. The third-order valence-corrected chi connectivity index (χ3v) is 6.05. The van der Waals surface area contributed by atoms with Gasteiger partial charge in [-0.05, 0) is 59.2 Å². The number of hydrogen-bond acceptors (Lipinski definition) is 4. The Morgan fingerprint density at radius 1 is 1.11 bits per heavy atom. The quantitative estimate of drug-likeness (QED) is 0.828. The molecule has 2 unspecified atom stereocenters. The number of carbonyl (C=O) groups excluding carboxylic acids is 1. The van der Waals surface area contributed by atoms with Gasteiger partial charge < -0.3 is 19.5 Å². The minimum atomic E-state index is -1.20. The van der Waals surface area contributed by atoms with Crippen molar-refractivity contribution >= 4 is 5.91 Å². The molecule has 5 heteroatoms. The van der Waals surface area contributed by atoms with Gasteiger partial charge in [0.2, 0.25) is 5.79 Å². The molecule has 146 valence electrons. The molecule has 0 saturated carbocycles. The number of fused-ring (bicyclic) bond motifs is 2. The smallest absolute Gasteiger partial charge is 0.254 e. The Kier molecular flexibility index (Phi) is 4.00. The van der Waals surface area contributed by atoms with Crippen LogP contribution in [0.1, 0.15) is 41.8 Å². The Morgan fingerprint density at radius 2 is 1.86 bits per heavy atom. The Labute approximate surface area is 164 Å². The fourth-order valence-electron chi connectivity index (χ4n) is 4.64. The average molecular weight is 379 g/mol. The molecule has 0 aromatic heterocycles. The Bertz CT molecular complexity index is 948. The minimum Gasteiger partial charge on any atom is -0.493 e. The van der Waals surface area contributed by atoms with Gasteiger partial charge in [-0.15, -0.1) is 0 Å². The molecule has 28 heavy (non-hydrogen) atoms. The first-order valence-electron chi connectivity index (χ1n) is 10.0. The molecule has 3 heterocycles. The van der Waals surface area contributed by atoms with E-state index in [2.05, 4.69) is 18.2 Å². The zero-order valence-corrected chi connectivity index (χ0v) is 16.3. The maximum atomic E-state index is 13.2. The molecular weight excluding hydrogens is 354 g/mol. The summed E-state index contributed by atoms with van der Waals surface area (Å²) in [6.07, 6.45) is 2.06. The van der Waals surface area contributed by atoms with Crippen molar-refractivity contribution in [1.29, 1.82) is 0 Å². The lowest BCUT2D eigenvalue weighted by Crippen LogP contribution is -2.49. The summed E-state index contributed by atoms with van der Waals surface area (Å²) in [5.41, 5.74) is 5.09. The van der Waals surface area contributed by atoms with Crippen LogP contribution in [0.4, 0.5) is 0 Å². The van der Waals surface area contributed by atoms with Crippen molar-refractivity contribution < 1.29 is 19.4 Å². The molecule has 2 aromatic rings. The monoisotopic (exact) mass is 379 g/mol. The van der Waals surface area contributed by atoms with Crippen molar-refractivity contribution in [2.24, 2.45) is 5.92 Å². The Hall–Kier alpha value is -2.37. The largest absolute Gasteiger partial charge is 0.493 e. The summed E-state index contributed by atoms with van der Waals surface area (Å²) in [6, 6.07) is 12.0. The van der Waals surface area contributed by atoms with Gasteiger partial charge in [-0.2, -0.15) is 0 Å². The van der Waals surface area contributed by atoms with Crippen molar-refractivity contribution in [2.45, 2.75) is 45.1 Å². The van der Waals surface area contributed by atoms with Crippen molar-refractivity contribution in [3.05, 3.63) is 53.1 Å². The Morgan fingerprint density at radius 3 is 2.61 bits per heavy atom. The lowest BCUT2D eigenvalue weighted by molar-refractivity contribution is -0.0538. The molecule has 3 aliphatic rings. The summed E-state index contributed by atoms with van der Waals surface area (Å²) >= 11 is 0. The summed E-state index contributed by atoms with van der Waals surface area (Å²) in [5, 5.41) is 10.5.